The monoisotopic (exact) mass is 312 g/mol. The molecule has 18 heavy (non-hydrogen) atoms. The highest BCUT2D eigenvalue weighted by Gasteiger charge is 2.34. The van der Waals surface area contributed by atoms with Gasteiger partial charge in [-0.3, -0.25) is 0 Å². The van der Waals surface area contributed by atoms with Crippen molar-refractivity contribution in [1.82, 2.24) is 5.32 Å². The van der Waals surface area contributed by atoms with Gasteiger partial charge in [0.15, 0.2) is 0 Å². The van der Waals surface area contributed by atoms with Crippen molar-refractivity contribution in [3.8, 4) is 0 Å². The molecule has 1 fully saturated rings. The summed E-state index contributed by atoms with van der Waals surface area (Å²) in [7, 11) is 0. The number of hydrogen-bond donors (Lipinski definition) is 3. The summed E-state index contributed by atoms with van der Waals surface area (Å²) in [5.74, 6) is 0. The minimum atomic E-state index is -0.688. The zero-order valence-corrected chi connectivity index (χ0v) is 11.9. The van der Waals surface area contributed by atoms with Crippen molar-refractivity contribution >= 4 is 27.6 Å². The first kappa shape index (κ1) is 13.4. The highest BCUT2D eigenvalue weighted by atomic mass is 79.9. The van der Waals surface area contributed by atoms with E-state index < -0.39 is 5.60 Å². The molecule has 0 aliphatic heterocycles. The smallest absolute Gasteiger partial charge is 0.319 e. The van der Waals surface area contributed by atoms with Crippen LogP contribution in [0, 0.1) is 6.92 Å². The molecule has 0 spiro atoms. The molecule has 0 radical (unpaired) electrons. The third-order valence-electron chi connectivity index (χ3n) is 3.28. The van der Waals surface area contributed by atoms with Crippen molar-refractivity contribution in [1.29, 1.82) is 0 Å². The average Bonchev–Trinajstić information content (AvgIpc) is 2.29. The number of carbonyl (C=O) groups is 1. The number of benzene rings is 1. The molecule has 0 atom stereocenters. The Hall–Kier alpha value is -1.07. The summed E-state index contributed by atoms with van der Waals surface area (Å²) in [6, 6.07) is 5.33. The Labute approximate surface area is 115 Å². The number of urea groups is 1. The fourth-order valence-corrected chi connectivity index (χ4v) is 2.15. The number of nitrogens with one attached hydrogen (secondary N) is 2. The van der Waals surface area contributed by atoms with Crippen LogP contribution in [0.2, 0.25) is 0 Å². The van der Waals surface area contributed by atoms with Gasteiger partial charge in [-0.25, -0.2) is 4.79 Å². The molecule has 1 aromatic carbocycles. The molecule has 1 aliphatic rings. The molecular weight excluding hydrogens is 296 g/mol. The van der Waals surface area contributed by atoms with E-state index >= 15 is 0 Å². The molecule has 0 unspecified atom stereocenters. The Kier molecular flexibility index (Phi) is 3.92. The molecule has 5 heteroatoms. The Bertz CT molecular complexity index is 458. The normalized spacial score (nSPS) is 16.8. The molecule has 1 saturated carbocycles. The van der Waals surface area contributed by atoms with Gasteiger partial charge < -0.3 is 15.7 Å². The fourth-order valence-electron chi connectivity index (χ4n) is 1.90. The second-order valence-corrected chi connectivity index (χ2v) is 5.70. The molecule has 2 rings (SSSR count). The number of aryl methyl sites for hydroxylation is 1. The third kappa shape index (κ3) is 3.23. The minimum Gasteiger partial charge on any atom is -0.388 e. The Morgan fingerprint density at radius 1 is 1.50 bits per heavy atom. The molecule has 1 aromatic rings. The average molecular weight is 313 g/mol. The first-order valence-electron chi connectivity index (χ1n) is 6.02. The summed E-state index contributed by atoms with van der Waals surface area (Å²) in [4.78, 5) is 11.7. The van der Waals surface area contributed by atoms with E-state index in [0.717, 1.165) is 35.0 Å². The summed E-state index contributed by atoms with van der Waals surface area (Å²) in [6.07, 6.45) is 2.57. The van der Waals surface area contributed by atoms with Crippen LogP contribution in [0.3, 0.4) is 0 Å². The molecule has 1 aliphatic carbocycles. The van der Waals surface area contributed by atoms with Gasteiger partial charge in [0.2, 0.25) is 0 Å². The van der Waals surface area contributed by atoms with E-state index in [2.05, 4.69) is 26.6 Å². The van der Waals surface area contributed by atoms with Gasteiger partial charge in [0.05, 0.1) is 5.60 Å². The van der Waals surface area contributed by atoms with Crippen LogP contribution in [0.5, 0.6) is 0 Å². The van der Waals surface area contributed by atoms with Crippen molar-refractivity contribution in [2.24, 2.45) is 0 Å². The molecule has 3 N–H and O–H groups in total. The van der Waals surface area contributed by atoms with Crippen LogP contribution in [-0.4, -0.2) is 23.3 Å². The molecule has 0 saturated heterocycles. The number of rotatable bonds is 3. The summed E-state index contributed by atoms with van der Waals surface area (Å²) in [5.41, 5.74) is 1.12. The third-order valence-corrected chi connectivity index (χ3v) is 4.17. The predicted octanol–water partition coefficient (Wildman–Crippen LogP) is 2.79. The summed E-state index contributed by atoms with van der Waals surface area (Å²) in [6.45, 7) is 2.28. The summed E-state index contributed by atoms with van der Waals surface area (Å²) in [5, 5.41) is 15.3. The molecule has 4 nitrogen and oxygen atoms in total. The number of carbonyl (C=O) groups excluding carboxylic acids is 1. The second-order valence-electron chi connectivity index (χ2n) is 4.85. The number of amides is 2. The SMILES string of the molecule is Cc1cc(NC(=O)NCC2(O)CCC2)ccc1Br. The van der Waals surface area contributed by atoms with E-state index in [1.807, 2.05) is 25.1 Å². The first-order chi connectivity index (χ1) is 8.48. The second kappa shape index (κ2) is 5.28. The van der Waals surface area contributed by atoms with Gasteiger partial charge in [0.1, 0.15) is 0 Å². The maximum Gasteiger partial charge on any atom is 0.319 e. The van der Waals surface area contributed by atoms with Crippen LogP contribution in [0.25, 0.3) is 0 Å². The summed E-state index contributed by atoms with van der Waals surface area (Å²) < 4.78 is 1.01. The standard InChI is InChI=1S/C13H17BrN2O2/c1-9-7-10(3-4-11(9)14)16-12(17)15-8-13(18)5-2-6-13/h3-4,7,18H,2,5-6,8H2,1H3,(H2,15,16,17). The fraction of sp³-hybridized carbons (Fsp3) is 0.462. The van der Waals surface area contributed by atoms with Crippen LogP contribution in [0.1, 0.15) is 24.8 Å². The molecule has 98 valence electrons. The lowest BCUT2D eigenvalue weighted by atomic mass is 9.80. The molecular formula is C13H17BrN2O2. The zero-order chi connectivity index (χ0) is 13.2. The Balaban J connectivity index is 1.85. The van der Waals surface area contributed by atoms with Crippen LogP contribution in [0.15, 0.2) is 22.7 Å². The largest absolute Gasteiger partial charge is 0.388 e. The van der Waals surface area contributed by atoms with Crippen molar-refractivity contribution in [3.05, 3.63) is 28.2 Å². The molecule has 0 aromatic heterocycles. The minimum absolute atomic E-state index is 0.281. The molecule has 0 heterocycles. The lowest BCUT2D eigenvalue weighted by Crippen LogP contribution is -2.48. The quantitative estimate of drug-likeness (QED) is 0.803. The Morgan fingerprint density at radius 2 is 2.22 bits per heavy atom. The van der Waals surface area contributed by atoms with Crippen molar-refractivity contribution in [2.75, 3.05) is 11.9 Å². The zero-order valence-electron chi connectivity index (χ0n) is 10.3. The van der Waals surface area contributed by atoms with E-state index in [1.54, 1.807) is 0 Å². The van der Waals surface area contributed by atoms with Gasteiger partial charge in [-0.05, 0) is 49.9 Å². The van der Waals surface area contributed by atoms with E-state index in [1.165, 1.54) is 0 Å². The molecule has 0 bridgehead atoms. The van der Waals surface area contributed by atoms with E-state index in [9.17, 15) is 9.90 Å². The maximum absolute atomic E-state index is 11.7. The van der Waals surface area contributed by atoms with Gasteiger partial charge in [-0.2, -0.15) is 0 Å². The summed E-state index contributed by atoms with van der Waals surface area (Å²) >= 11 is 3.41. The number of halogens is 1. The van der Waals surface area contributed by atoms with Crippen molar-refractivity contribution < 1.29 is 9.90 Å². The maximum atomic E-state index is 11.7. The highest BCUT2D eigenvalue weighted by Crippen LogP contribution is 2.30. The number of hydrogen-bond acceptors (Lipinski definition) is 2. The first-order valence-corrected chi connectivity index (χ1v) is 6.81. The van der Waals surface area contributed by atoms with Crippen LogP contribution in [0.4, 0.5) is 10.5 Å². The van der Waals surface area contributed by atoms with Crippen LogP contribution < -0.4 is 10.6 Å². The topological polar surface area (TPSA) is 61.4 Å². The van der Waals surface area contributed by atoms with Gasteiger partial charge in [-0.1, -0.05) is 15.9 Å². The lowest BCUT2D eigenvalue weighted by Gasteiger charge is -2.36. The van der Waals surface area contributed by atoms with Crippen LogP contribution in [-0.2, 0) is 0 Å². The van der Waals surface area contributed by atoms with Crippen molar-refractivity contribution in [3.63, 3.8) is 0 Å². The van der Waals surface area contributed by atoms with Gasteiger partial charge in [0.25, 0.3) is 0 Å². The Morgan fingerprint density at radius 3 is 2.78 bits per heavy atom. The molecule has 2 amide bonds. The van der Waals surface area contributed by atoms with E-state index in [-0.39, 0.29) is 6.03 Å². The van der Waals surface area contributed by atoms with Crippen molar-refractivity contribution in [2.45, 2.75) is 31.8 Å². The van der Waals surface area contributed by atoms with Gasteiger partial charge >= 0.3 is 6.03 Å². The number of anilines is 1. The van der Waals surface area contributed by atoms with E-state index in [4.69, 9.17) is 0 Å². The predicted molar refractivity (Wildman–Crippen MR) is 74.7 cm³/mol. The highest BCUT2D eigenvalue weighted by molar-refractivity contribution is 9.10. The van der Waals surface area contributed by atoms with E-state index in [0.29, 0.717) is 6.54 Å². The van der Waals surface area contributed by atoms with Gasteiger partial charge in [-0.15, -0.1) is 0 Å². The van der Waals surface area contributed by atoms with Gasteiger partial charge in [0, 0.05) is 16.7 Å². The lowest BCUT2D eigenvalue weighted by molar-refractivity contribution is -0.0287. The van der Waals surface area contributed by atoms with Crippen LogP contribution >= 0.6 is 15.9 Å². The number of aliphatic hydroxyl groups is 1.